The summed E-state index contributed by atoms with van der Waals surface area (Å²) in [6.07, 6.45) is 4.18. The number of hydrogen-bond donors (Lipinski definition) is 2. The molecule has 0 aliphatic heterocycles. The zero-order valence-corrected chi connectivity index (χ0v) is 8.64. The van der Waals surface area contributed by atoms with Crippen molar-refractivity contribution in [3.8, 4) is 0 Å². The Morgan fingerprint density at radius 2 is 1.69 bits per heavy atom. The van der Waals surface area contributed by atoms with Crippen molar-refractivity contribution < 1.29 is 10.2 Å². The Morgan fingerprint density at radius 3 is 2.23 bits per heavy atom. The summed E-state index contributed by atoms with van der Waals surface area (Å²) < 4.78 is 0. The Balaban J connectivity index is 2.80. The third-order valence-corrected chi connectivity index (χ3v) is 3.19. The van der Waals surface area contributed by atoms with E-state index < -0.39 is 12.2 Å². The van der Waals surface area contributed by atoms with Gasteiger partial charge in [0.2, 0.25) is 0 Å². The van der Waals surface area contributed by atoms with Crippen LogP contribution in [0, 0.1) is 17.8 Å². The molecule has 0 saturated carbocycles. The van der Waals surface area contributed by atoms with E-state index in [0.29, 0.717) is 0 Å². The molecule has 0 fully saturated rings. The van der Waals surface area contributed by atoms with Crippen LogP contribution in [0.1, 0.15) is 27.2 Å². The lowest BCUT2D eigenvalue weighted by molar-refractivity contribution is -0.00921. The molecule has 0 aromatic carbocycles. The Bertz CT molecular complexity index is 189. The van der Waals surface area contributed by atoms with Crippen LogP contribution in [0.3, 0.4) is 0 Å². The van der Waals surface area contributed by atoms with Gasteiger partial charge in [0.25, 0.3) is 0 Å². The first-order chi connectivity index (χ1) is 6.07. The number of aliphatic hydroxyl groups excluding tert-OH is 2. The van der Waals surface area contributed by atoms with Gasteiger partial charge in [-0.15, -0.1) is 0 Å². The molecule has 1 aliphatic carbocycles. The van der Waals surface area contributed by atoms with Gasteiger partial charge < -0.3 is 10.2 Å². The molecule has 0 aromatic rings. The Morgan fingerprint density at radius 1 is 1.08 bits per heavy atom. The molecular weight excluding hydrogens is 164 g/mol. The molecule has 5 atom stereocenters. The van der Waals surface area contributed by atoms with Gasteiger partial charge in [-0.2, -0.15) is 0 Å². The highest BCUT2D eigenvalue weighted by Crippen LogP contribution is 2.28. The standard InChI is InChI=1S/C11H20O2/c1-4-9-6-5-7(2)10(12)8(3)11(9)13/h5-13H,4H2,1-3H3/t7-,8-,9-,10-,11+/m0/s1. The quantitative estimate of drug-likeness (QED) is 0.607. The molecule has 0 spiro atoms. The molecule has 1 rings (SSSR count). The lowest BCUT2D eigenvalue weighted by Crippen LogP contribution is -2.35. The van der Waals surface area contributed by atoms with E-state index in [2.05, 4.69) is 6.92 Å². The van der Waals surface area contributed by atoms with Gasteiger partial charge in [0.05, 0.1) is 12.2 Å². The van der Waals surface area contributed by atoms with E-state index in [1.165, 1.54) is 0 Å². The van der Waals surface area contributed by atoms with Gasteiger partial charge in [0.15, 0.2) is 0 Å². The van der Waals surface area contributed by atoms with Crippen LogP contribution in [0.5, 0.6) is 0 Å². The van der Waals surface area contributed by atoms with Crippen molar-refractivity contribution >= 4 is 0 Å². The Labute approximate surface area is 80.3 Å². The zero-order valence-electron chi connectivity index (χ0n) is 8.64. The molecule has 13 heavy (non-hydrogen) atoms. The smallest absolute Gasteiger partial charge is 0.0653 e. The van der Waals surface area contributed by atoms with E-state index in [1.807, 2.05) is 26.0 Å². The molecule has 0 radical (unpaired) electrons. The zero-order chi connectivity index (χ0) is 10.0. The molecule has 0 unspecified atom stereocenters. The third kappa shape index (κ3) is 2.12. The topological polar surface area (TPSA) is 40.5 Å². The summed E-state index contributed by atoms with van der Waals surface area (Å²) in [5, 5.41) is 19.7. The van der Waals surface area contributed by atoms with Crippen molar-refractivity contribution in [2.45, 2.75) is 39.4 Å². The molecular formula is C11H20O2. The van der Waals surface area contributed by atoms with E-state index >= 15 is 0 Å². The maximum absolute atomic E-state index is 9.89. The Hall–Kier alpha value is -0.340. The van der Waals surface area contributed by atoms with Crippen LogP contribution in [0.15, 0.2) is 12.2 Å². The van der Waals surface area contributed by atoms with Gasteiger partial charge in [-0.05, 0) is 6.42 Å². The van der Waals surface area contributed by atoms with Gasteiger partial charge >= 0.3 is 0 Å². The van der Waals surface area contributed by atoms with Crippen molar-refractivity contribution in [3.63, 3.8) is 0 Å². The molecule has 76 valence electrons. The maximum Gasteiger partial charge on any atom is 0.0653 e. The Kier molecular flexibility index (Phi) is 3.51. The van der Waals surface area contributed by atoms with Crippen LogP contribution >= 0.6 is 0 Å². The highest BCUT2D eigenvalue weighted by molar-refractivity contribution is 5.02. The largest absolute Gasteiger partial charge is 0.392 e. The van der Waals surface area contributed by atoms with Crippen molar-refractivity contribution in [2.24, 2.45) is 17.8 Å². The van der Waals surface area contributed by atoms with Gasteiger partial charge in [-0.1, -0.05) is 32.9 Å². The lowest BCUT2D eigenvalue weighted by Gasteiger charge is -2.27. The minimum absolute atomic E-state index is 0.0325. The fourth-order valence-corrected chi connectivity index (χ4v) is 1.99. The predicted molar refractivity (Wildman–Crippen MR) is 53.3 cm³/mol. The molecule has 0 amide bonds. The van der Waals surface area contributed by atoms with Gasteiger partial charge in [-0.25, -0.2) is 0 Å². The van der Waals surface area contributed by atoms with E-state index in [0.717, 1.165) is 6.42 Å². The molecule has 0 bridgehead atoms. The van der Waals surface area contributed by atoms with Crippen LogP contribution in [-0.2, 0) is 0 Å². The molecule has 0 saturated heterocycles. The normalized spacial score (nSPS) is 46.1. The highest BCUT2D eigenvalue weighted by Gasteiger charge is 2.32. The minimum atomic E-state index is -0.414. The average molecular weight is 184 g/mol. The first-order valence-electron chi connectivity index (χ1n) is 5.12. The van der Waals surface area contributed by atoms with E-state index in [1.54, 1.807) is 0 Å². The molecule has 0 heterocycles. The lowest BCUT2D eigenvalue weighted by atomic mass is 9.86. The fraction of sp³-hybridized carbons (Fsp3) is 0.818. The van der Waals surface area contributed by atoms with Crippen LogP contribution in [0.25, 0.3) is 0 Å². The van der Waals surface area contributed by atoms with Crippen LogP contribution < -0.4 is 0 Å². The summed E-state index contributed by atoms with van der Waals surface area (Å²) in [6, 6.07) is 0. The molecule has 2 heteroatoms. The van der Waals surface area contributed by atoms with Crippen molar-refractivity contribution in [2.75, 3.05) is 0 Å². The third-order valence-electron chi connectivity index (χ3n) is 3.19. The number of hydrogen-bond acceptors (Lipinski definition) is 2. The highest BCUT2D eigenvalue weighted by atomic mass is 16.3. The SMILES string of the molecule is CC[C@H]1C=C[C@H](C)[C@H](O)[C@H](C)[C@H]1O. The molecule has 2 N–H and O–H groups in total. The van der Waals surface area contributed by atoms with E-state index in [9.17, 15) is 10.2 Å². The van der Waals surface area contributed by atoms with Crippen molar-refractivity contribution in [3.05, 3.63) is 12.2 Å². The molecule has 0 aromatic heterocycles. The maximum atomic E-state index is 9.89. The summed E-state index contributed by atoms with van der Waals surface area (Å²) in [4.78, 5) is 0. The molecule has 2 nitrogen and oxygen atoms in total. The first kappa shape index (κ1) is 10.7. The average Bonchev–Trinajstić information content (AvgIpc) is 2.22. The first-order valence-corrected chi connectivity index (χ1v) is 5.12. The second-order valence-electron chi connectivity index (χ2n) is 4.16. The van der Waals surface area contributed by atoms with Crippen LogP contribution in [0.4, 0.5) is 0 Å². The van der Waals surface area contributed by atoms with Crippen LogP contribution in [-0.4, -0.2) is 22.4 Å². The minimum Gasteiger partial charge on any atom is -0.392 e. The second-order valence-corrected chi connectivity index (χ2v) is 4.16. The van der Waals surface area contributed by atoms with Crippen LogP contribution in [0.2, 0.25) is 0 Å². The molecule has 1 aliphatic rings. The predicted octanol–water partition coefficient (Wildman–Crippen LogP) is 1.58. The summed E-state index contributed by atoms with van der Waals surface area (Å²) in [7, 11) is 0. The monoisotopic (exact) mass is 184 g/mol. The van der Waals surface area contributed by atoms with Crippen molar-refractivity contribution in [1.29, 1.82) is 0 Å². The summed E-state index contributed by atoms with van der Waals surface area (Å²) in [6.45, 7) is 5.97. The van der Waals surface area contributed by atoms with E-state index in [4.69, 9.17) is 0 Å². The van der Waals surface area contributed by atoms with Gasteiger partial charge in [0.1, 0.15) is 0 Å². The number of rotatable bonds is 1. The van der Waals surface area contributed by atoms with Crippen molar-refractivity contribution in [1.82, 2.24) is 0 Å². The fourth-order valence-electron chi connectivity index (χ4n) is 1.99. The summed E-state index contributed by atoms with van der Waals surface area (Å²) >= 11 is 0. The second kappa shape index (κ2) is 4.25. The summed E-state index contributed by atoms with van der Waals surface area (Å²) in [5.74, 6) is 0.325. The van der Waals surface area contributed by atoms with Gasteiger partial charge in [0, 0.05) is 17.8 Å². The summed E-state index contributed by atoms with van der Waals surface area (Å²) in [5.41, 5.74) is 0. The van der Waals surface area contributed by atoms with E-state index in [-0.39, 0.29) is 17.8 Å². The number of aliphatic hydroxyl groups is 2. The van der Waals surface area contributed by atoms with Gasteiger partial charge in [-0.3, -0.25) is 0 Å².